The Kier molecular flexibility index (Phi) is 6.70. The second-order valence-corrected chi connectivity index (χ2v) is 3.58. The normalized spacial score (nSPS) is 12.0. The lowest BCUT2D eigenvalue weighted by molar-refractivity contribution is -0.146. The molecular formula is C10H20N2O3. The average molecular weight is 216 g/mol. The molecule has 0 aromatic heterocycles. The summed E-state index contributed by atoms with van der Waals surface area (Å²) in [5, 5.41) is 0. The van der Waals surface area contributed by atoms with Crippen LogP contribution in [0.2, 0.25) is 0 Å². The predicted octanol–water partition coefficient (Wildman–Crippen LogP) is 0.135. The van der Waals surface area contributed by atoms with Crippen LogP contribution in [-0.4, -0.2) is 43.5 Å². The van der Waals surface area contributed by atoms with Gasteiger partial charge in [0.15, 0.2) is 0 Å². The van der Waals surface area contributed by atoms with Gasteiger partial charge < -0.3 is 15.4 Å². The van der Waals surface area contributed by atoms with Gasteiger partial charge in [-0.05, 0) is 6.42 Å². The van der Waals surface area contributed by atoms with Crippen LogP contribution in [0.4, 0.5) is 0 Å². The van der Waals surface area contributed by atoms with Crippen LogP contribution in [0.1, 0.15) is 26.2 Å². The standard InChI is InChI=1S/C10H20N2O3/c1-4-5-8(11)6-9(13)12(2)7-10(14)15-3/h8H,4-7,11H2,1-3H3. The number of rotatable bonds is 6. The Labute approximate surface area is 90.6 Å². The molecule has 0 aromatic rings. The lowest BCUT2D eigenvalue weighted by atomic mass is 10.1. The molecular weight excluding hydrogens is 196 g/mol. The summed E-state index contributed by atoms with van der Waals surface area (Å²) in [7, 11) is 2.86. The zero-order valence-electron chi connectivity index (χ0n) is 9.66. The van der Waals surface area contributed by atoms with E-state index in [-0.39, 0.29) is 24.9 Å². The average Bonchev–Trinajstić information content (AvgIpc) is 2.17. The third-order valence-electron chi connectivity index (χ3n) is 2.12. The van der Waals surface area contributed by atoms with Gasteiger partial charge in [0.05, 0.1) is 7.11 Å². The number of nitrogens with two attached hydrogens (primary N) is 1. The van der Waals surface area contributed by atoms with Gasteiger partial charge in [0, 0.05) is 19.5 Å². The molecule has 0 aliphatic rings. The third-order valence-corrected chi connectivity index (χ3v) is 2.12. The molecule has 0 aliphatic carbocycles. The van der Waals surface area contributed by atoms with Crippen LogP contribution in [-0.2, 0) is 14.3 Å². The van der Waals surface area contributed by atoms with Gasteiger partial charge in [0.2, 0.25) is 5.91 Å². The Bertz CT molecular complexity index is 219. The van der Waals surface area contributed by atoms with Gasteiger partial charge in [-0.1, -0.05) is 13.3 Å². The van der Waals surface area contributed by atoms with Crippen molar-refractivity contribution in [3.05, 3.63) is 0 Å². The van der Waals surface area contributed by atoms with Crippen molar-refractivity contribution in [1.82, 2.24) is 4.90 Å². The van der Waals surface area contributed by atoms with E-state index in [0.29, 0.717) is 0 Å². The van der Waals surface area contributed by atoms with Crippen molar-refractivity contribution in [3.8, 4) is 0 Å². The van der Waals surface area contributed by atoms with Crippen molar-refractivity contribution in [2.75, 3.05) is 20.7 Å². The van der Waals surface area contributed by atoms with E-state index < -0.39 is 5.97 Å². The highest BCUT2D eigenvalue weighted by Gasteiger charge is 2.15. The second-order valence-electron chi connectivity index (χ2n) is 3.58. The van der Waals surface area contributed by atoms with Crippen LogP contribution in [0.15, 0.2) is 0 Å². The van der Waals surface area contributed by atoms with E-state index in [2.05, 4.69) is 4.74 Å². The third kappa shape index (κ3) is 6.06. The van der Waals surface area contributed by atoms with E-state index in [9.17, 15) is 9.59 Å². The first-order valence-electron chi connectivity index (χ1n) is 5.07. The molecule has 0 saturated heterocycles. The van der Waals surface area contributed by atoms with Gasteiger partial charge >= 0.3 is 5.97 Å². The highest BCUT2D eigenvalue weighted by molar-refractivity contribution is 5.82. The van der Waals surface area contributed by atoms with Crippen LogP contribution in [0.5, 0.6) is 0 Å². The van der Waals surface area contributed by atoms with Crippen LogP contribution < -0.4 is 5.73 Å². The molecule has 0 radical (unpaired) electrons. The van der Waals surface area contributed by atoms with Crippen molar-refractivity contribution in [2.24, 2.45) is 5.73 Å². The summed E-state index contributed by atoms with van der Waals surface area (Å²) in [6.45, 7) is 2.00. The van der Waals surface area contributed by atoms with Crippen molar-refractivity contribution >= 4 is 11.9 Å². The number of esters is 1. The quantitative estimate of drug-likeness (QED) is 0.641. The fourth-order valence-corrected chi connectivity index (χ4v) is 1.20. The molecule has 5 nitrogen and oxygen atoms in total. The number of carbonyl (C=O) groups is 2. The minimum atomic E-state index is -0.421. The maximum Gasteiger partial charge on any atom is 0.325 e. The molecule has 0 aliphatic heterocycles. The summed E-state index contributed by atoms with van der Waals surface area (Å²) in [5.74, 6) is -0.545. The topological polar surface area (TPSA) is 72.6 Å². The van der Waals surface area contributed by atoms with Gasteiger partial charge in [-0.15, -0.1) is 0 Å². The van der Waals surface area contributed by atoms with Gasteiger partial charge in [-0.2, -0.15) is 0 Å². The van der Waals surface area contributed by atoms with Gasteiger partial charge in [0.25, 0.3) is 0 Å². The smallest absolute Gasteiger partial charge is 0.325 e. The van der Waals surface area contributed by atoms with Crippen LogP contribution >= 0.6 is 0 Å². The van der Waals surface area contributed by atoms with Gasteiger partial charge in [-0.3, -0.25) is 9.59 Å². The molecule has 0 fully saturated rings. The Morgan fingerprint density at radius 2 is 2.07 bits per heavy atom. The predicted molar refractivity (Wildman–Crippen MR) is 57.2 cm³/mol. The lowest BCUT2D eigenvalue weighted by Gasteiger charge is -2.18. The molecule has 0 heterocycles. The number of likely N-dealkylation sites (N-methyl/N-ethyl adjacent to an activating group) is 1. The fraction of sp³-hybridized carbons (Fsp3) is 0.800. The van der Waals surface area contributed by atoms with Crippen LogP contribution in [0, 0.1) is 0 Å². The first-order valence-corrected chi connectivity index (χ1v) is 5.07. The van der Waals surface area contributed by atoms with Crippen LogP contribution in [0.3, 0.4) is 0 Å². The number of carbonyl (C=O) groups excluding carboxylic acids is 2. The number of ether oxygens (including phenoxy) is 1. The number of nitrogens with zero attached hydrogens (tertiary/aromatic N) is 1. The molecule has 5 heteroatoms. The van der Waals surface area contributed by atoms with Crippen LogP contribution in [0.25, 0.3) is 0 Å². The van der Waals surface area contributed by atoms with Crippen molar-refractivity contribution in [1.29, 1.82) is 0 Å². The number of hydrogen-bond donors (Lipinski definition) is 1. The molecule has 1 atom stereocenters. The molecule has 0 aromatic carbocycles. The Balaban J connectivity index is 3.93. The lowest BCUT2D eigenvalue weighted by Crippen LogP contribution is -2.36. The molecule has 1 amide bonds. The Morgan fingerprint density at radius 3 is 2.53 bits per heavy atom. The summed E-state index contributed by atoms with van der Waals surface area (Å²) in [6, 6.07) is -0.123. The minimum Gasteiger partial charge on any atom is -0.468 e. The summed E-state index contributed by atoms with van der Waals surface area (Å²) < 4.78 is 4.46. The molecule has 15 heavy (non-hydrogen) atoms. The zero-order valence-corrected chi connectivity index (χ0v) is 9.66. The molecule has 2 N–H and O–H groups in total. The molecule has 88 valence electrons. The fourth-order valence-electron chi connectivity index (χ4n) is 1.20. The Morgan fingerprint density at radius 1 is 1.47 bits per heavy atom. The molecule has 0 rings (SSSR count). The minimum absolute atomic E-state index is 0.0197. The van der Waals surface area contributed by atoms with E-state index in [1.807, 2.05) is 6.92 Å². The molecule has 1 unspecified atom stereocenters. The summed E-state index contributed by atoms with van der Waals surface area (Å²) in [6.07, 6.45) is 2.05. The first kappa shape index (κ1) is 13.9. The Hall–Kier alpha value is -1.10. The summed E-state index contributed by atoms with van der Waals surface area (Å²) in [4.78, 5) is 23.7. The van der Waals surface area contributed by atoms with E-state index in [0.717, 1.165) is 12.8 Å². The number of amides is 1. The van der Waals surface area contributed by atoms with Gasteiger partial charge in [0.1, 0.15) is 6.54 Å². The van der Waals surface area contributed by atoms with E-state index >= 15 is 0 Å². The molecule has 0 saturated carbocycles. The highest BCUT2D eigenvalue weighted by atomic mass is 16.5. The highest BCUT2D eigenvalue weighted by Crippen LogP contribution is 2.01. The first-order chi connectivity index (χ1) is 7.01. The van der Waals surface area contributed by atoms with Crippen molar-refractivity contribution in [3.63, 3.8) is 0 Å². The molecule has 0 spiro atoms. The summed E-state index contributed by atoms with van der Waals surface area (Å²) >= 11 is 0. The monoisotopic (exact) mass is 216 g/mol. The van der Waals surface area contributed by atoms with Crippen molar-refractivity contribution in [2.45, 2.75) is 32.2 Å². The maximum absolute atomic E-state index is 11.5. The summed E-state index contributed by atoms with van der Waals surface area (Å²) in [5.41, 5.74) is 5.72. The second kappa shape index (κ2) is 7.23. The molecule has 0 bridgehead atoms. The largest absolute Gasteiger partial charge is 0.468 e. The maximum atomic E-state index is 11.5. The van der Waals surface area contributed by atoms with Crippen molar-refractivity contribution < 1.29 is 14.3 Å². The van der Waals surface area contributed by atoms with E-state index in [4.69, 9.17) is 5.73 Å². The van der Waals surface area contributed by atoms with E-state index in [1.165, 1.54) is 12.0 Å². The van der Waals surface area contributed by atoms with E-state index in [1.54, 1.807) is 7.05 Å². The number of hydrogen-bond acceptors (Lipinski definition) is 4. The number of methoxy groups -OCH3 is 1. The SMILES string of the molecule is CCCC(N)CC(=O)N(C)CC(=O)OC. The van der Waals surface area contributed by atoms with Gasteiger partial charge in [-0.25, -0.2) is 0 Å². The zero-order chi connectivity index (χ0) is 11.8.